The van der Waals surface area contributed by atoms with E-state index in [4.69, 9.17) is 9.97 Å². The maximum atomic E-state index is 5.07. The first kappa shape index (κ1) is 17.9. The molecule has 1 aromatic carbocycles. The molecule has 0 unspecified atom stereocenters. The number of aryl methyl sites for hydroxylation is 1. The van der Waals surface area contributed by atoms with E-state index in [0.717, 1.165) is 56.3 Å². The normalized spacial score (nSPS) is 22.4. The summed E-state index contributed by atoms with van der Waals surface area (Å²) in [6, 6.07) is 10.4. The molecule has 0 spiro atoms. The largest absolute Gasteiger partial charge is 0.354 e. The highest BCUT2D eigenvalue weighted by molar-refractivity contribution is 5.61. The molecule has 1 aliphatic heterocycles. The number of piperazine rings is 1. The molecule has 5 rings (SSSR count). The van der Waals surface area contributed by atoms with Gasteiger partial charge in [-0.1, -0.05) is 42.5 Å². The minimum atomic E-state index is 0.851. The monoisotopic (exact) mass is 374 g/mol. The highest BCUT2D eigenvalue weighted by Crippen LogP contribution is 2.32. The molecule has 2 heterocycles. The predicted molar refractivity (Wildman–Crippen MR) is 115 cm³/mol. The van der Waals surface area contributed by atoms with Crippen molar-refractivity contribution in [1.29, 1.82) is 0 Å². The van der Waals surface area contributed by atoms with Crippen molar-refractivity contribution in [2.24, 2.45) is 5.92 Å². The van der Waals surface area contributed by atoms with Gasteiger partial charge in [-0.15, -0.1) is 0 Å². The summed E-state index contributed by atoms with van der Waals surface area (Å²) in [4.78, 5) is 15.2. The third-order valence-electron chi connectivity index (χ3n) is 6.51. The number of allylic oxidation sites excluding steroid dienone is 2. The molecule has 4 nitrogen and oxygen atoms in total. The zero-order valence-electron chi connectivity index (χ0n) is 16.7. The Morgan fingerprint density at radius 3 is 2.57 bits per heavy atom. The van der Waals surface area contributed by atoms with Crippen LogP contribution in [0, 0.1) is 5.92 Å². The molecule has 1 fully saturated rings. The van der Waals surface area contributed by atoms with Gasteiger partial charge in [0.2, 0.25) is 0 Å². The molecule has 4 heteroatoms. The fraction of sp³-hybridized carbons (Fsp3) is 0.500. The molecule has 3 aliphatic rings. The van der Waals surface area contributed by atoms with Gasteiger partial charge in [-0.05, 0) is 44.4 Å². The molecule has 1 saturated heterocycles. The fourth-order valence-corrected chi connectivity index (χ4v) is 4.92. The van der Waals surface area contributed by atoms with Crippen LogP contribution in [0.3, 0.4) is 0 Å². The first-order valence-corrected chi connectivity index (χ1v) is 10.9. The Hall–Kier alpha value is -2.20. The number of anilines is 1. The van der Waals surface area contributed by atoms with Gasteiger partial charge in [0.25, 0.3) is 0 Å². The van der Waals surface area contributed by atoms with Crippen molar-refractivity contribution in [1.82, 2.24) is 14.9 Å². The van der Waals surface area contributed by atoms with Crippen molar-refractivity contribution < 1.29 is 0 Å². The summed E-state index contributed by atoms with van der Waals surface area (Å²) in [5.41, 5.74) is 3.81. The number of rotatable bonds is 4. The molecule has 28 heavy (non-hydrogen) atoms. The van der Waals surface area contributed by atoms with E-state index < -0.39 is 0 Å². The topological polar surface area (TPSA) is 32.3 Å². The van der Waals surface area contributed by atoms with E-state index in [0.29, 0.717) is 0 Å². The smallest absolute Gasteiger partial charge is 0.161 e. The average molecular weight is 375 g/mol. The second kappa shape index (κ2) is 8.04. The van der Waals surface area contributed by atoms with Gasteiger partial charge < -0.3 is 4.90 Å². The molecule has 0 radical (unpaired) electrons. The van der Waals surface area contributed by atoms with Gasteiger partial charge >= 0.3 is 0 Å². The van der Waals surface area contributed by atoms with Crippen LogP contribution in [-0.4, -0.2) is 47.6 Å². The van der Waals surface area contributed by atoms with E-state index in [1.165, 1.54) is 49.3 Å². The maximum Gasteiger partial charge on any atom is 0.161 e. The molecule has 1 aromatic heterocycles. The molecule has 146 valence electrons. The lowest BCUT2D eigenvalue weighted by molar-refractivity contribution is 0.211. The van der Waals surface area contributed by atoms with E-state index in [1.54, 1.807) is 0 Å². The van der Waals surface area contributed by atoms with E-state index in [9.17, 15) is 0 Å². The van der Waals surface area contributed by atoms with Crippen molar-refractivity contribution in [3.05, 3.63) is 53.7 Å². The summed E-state index contributed by atoms with van der Waals surface area (Å²) < 4.78 is 0. The molecule has 2 aliphatic carbocycles. The van der Waals surface area contributed by atoms with E-state index in [2.05, 4.69) is 52.3 Å². The van der Waals surface area contributed by atoms with Crippen molar-refractivity contribution in [2.75, 3.05) is 37.6 Å². The van der Waals surface area contributed by atoms with Crippen molar-refractivity contribution in [3.8, 4) is 11.4 Å². The predicted octanol–water partition coefficient (Wildman–Crippen LogP) is 4.11. The SMILES string of the molecule is C1=CC[C@H](CN2CCN(c3nc(-c4ccccc4)nc4c3CCC4)CC2)CC1. The quantitative estimate of drug-likeness (QED) is 0.754. The van der Waals surface area contributed by atoms with Gasteiger partial charge in [0.15, 0.2) is 5.82 Å². The van der Waals surface area contributed by atoms with Crippen LogP contribution in [0.4, 0.5) is 5.82 Å². The number of fused-ring (bicyclic) bond motifs is 1. The van der Waals surface area contributed by atoms with E-state index in [1.807, 2.05) is 0 Å². The van der Waals surface area contributed by atoms with Crippen LogP contribution < -0.4 is 4.90 Å². The molecular weight excluding hydrogens is 344 g/mol. The van der Waals surface area contributed by atoms with Gasteiger partial charge in [-0.25, -0.2) is 9.97 Å². The number of hydrogen-bond donors (Lipinski definition) is 0. The standard InChI is InChI=1S/C24H30N4/c1-3-8-19(9-4-1)18-27-14-16-28(17-15-27)24-21-12-7-13-22(21)25-23(26-24)20-10-5-2-6-11-20/h1-3,5-6,10-11,19H,4,7-9,12-18H2/t19-/m0/s1. The van der Waals surface area contributed by atoms with Gasteiger partial charge in [-0.2, -0.15) is 0 Å². The van der Waals surface area contributed by atoms with Gasteiger partial charge in [0.1, 0.15) is 5.82 Å². The lowest BCUT2D eigenvalue weighted by Crippen LogP contribution is -2.48. The number of nitrogens with zero attached hydrogens (tertiary/aromatic N) is 4. The van der Waals surface area contributed by atoms with Crippen LogP contribution in [-0.2, 0) is 12.8 Å². The number of hydrogen-bond acceptors (Lipinski definition) is 4. The maximum absolute atomic E-state index is 5.07. The Morgan fingerprint density at radius 2 is 1.79 bits per heavy atom. The second-order valence-electron chi connectivity index (χ2n) is 8.45. The molecule has 0 amide bonds. The van der Waals surface area contributed by atoms with E-state index in [-0.39, 0.29) is 0 Å². The van der Waals surface area contributed by atoms with E-state index >= 15 is 0 Å². The second-order valence-corrected chi connectivity index (χ2v) is 8.45. The first-order chi connectivity index (χ1) is 13.9. The van der Waals surface area contributed by atoms with Gasteiger partial charge in [-0.3, -0.25) is 4.90 Å². The molecule has 2 aromatic rings. The zero-order valence-corrected chi connectivity index (χ0v) is 16.7. The number of benzene rings is 1. The van der Waals surface area contributed by atoms with Crippen LogP contribution in [0.5, 0.6) is 0 Å². The van der Waals surface area contributed by atoms with Crippen LogP contribution >= 0.6 is 0 Å². The Labute approximate surface area is 168 Å². The third kappa shape index (κ3) is 3.70. The molecule has 0 bridgehead atoms. The zero-order chi connectivity index (χ0) is 18.8. The summed E-state index contributed by atoms with van der Waals surface area (Å²) in [7, 11) is 0. The fourth-order valence-electron chi connectivity index (χ4n) is 4.92. The van der Waals surface area contributed by atoms with Crippen molar-refractivity contribution in [3.63, 3.8) is 0 Å². The molecule has 0 saturated carbocycles. The summed E-state index contributed by atoms with van der Waals surface area (Å²) in [6.45, 7) is 5.73. The molecule has 0 N–H and O–H groups in total. The Bertz CT molecular complexity index is 837. The van der Waals surface area contributed by atoms with Crippen LogP contribution in [0.2, 0.25) is 0 Å². The number of aromatic nitrogens is 2. The van der Waals surface area contributed by atoms with Crippen LogP contribution in [0.1, 0.15) is 36.9 Å². The molecular formula is C24H30N4. The summed E-state index contributed by atoms with van der Waals surface area (Å²) in [5, 5.41) is 0. The Morgan fingerprint density at radius 1 is 0.929 bits per heavy atom. The Kier molecular flexibility index (Phi) is 5.13. The highest BCUT2D eigenvalue weighted by atomic mass is 15.3. The summed E-state index contributed by atoms with van der Waals surface area (Å²) in [5.74, 6) is 2.96. The lowest BCUT2D eigenvalue weighted by Gasteiger charge is -2.38. The first-order valence-electron chi connectivity index (χ1n) is 10.9. The van der Waals surface area contributed by atoms with Crippen LogP contribution in [0.25, 0.3) is 11.4 Å². The average Bonchev–Trinajstić information content (AvgIpc) is 3.24. The Balaban J connectivity index is 1.32. The molecule has 1 atom stereocenters. The minimum absolute atomic E-state index is 0.851. The van der Waals surface area contributed by atoms with Crippen LogP contribution in [0.15, 0.2) is 42.5 Å². The van der Waals surface area contributed by atoms with Crippen molar-refractivity contribution in [2.45, 2.75) is 38.5 Å². The van der Waals surface area contributed by atoms with Gasteiger partial charge in [0, 0.05) is 49.5 Å². The third-order valence-corrected chi connectivity index (χ3v) is 6.51. The summed E-state index contributed by atoms with van der Waals surface area (Å²) >= 11 is 0. The summed E-state index contributed by atoms with van der Waals surface area (Å²) in [6.07, 6.45) is 12.0. The van der Waals surface area contributed by atoms with Gasteiger partial charge in [0.05, 0.1) is 0 Å². The lowest BCUT2D eigenvalue weighted by atomic mass is 9.94. The highest BCUT2D eigenvalue weighted by Gasteiger charge is 2.26. The minimum Gasteiger partial charge on any atom is -0.354 e. The van der Waals surface area contributed by atoms with Crippen molar-refractivity contribution >= 4 is 5.82 Å².